The highest BCUT2D eigenvalue weighted by molar-refractivity contribution is 5.49. The molecule has 0 fully saturated rings. The van der Waals surface area contributed by atoms with Crippen molar-refractivity contribution in [3.8, 4) is 11.6 Å². The molecule has 2 aromatic rings. The lowest BCUT2D eigenvalue weighted by Crippen LogP contribution is -2.04. The maximum Gasteiger partial charge on any atom is 0.227 e. The SMILES string of the molecule is CCNc1ncnc(Oc2ccccc2CC)c1C. The molecule has 0 spiro atoms. The molecule has 1 aromatic heterocycles. The zero-order valence-electron chi connectivity index (χ0n) is 11.6. The molecule has 2 rings (SSSR count). The Balaban J connectivity index is 2.30. The van der Waals surface area contributed by atoms with Crippen LogP contribution in [0, 0.1) is 6.92 Å². The van der Waals surface area contributed by atoms with Gasteiger partial charge in [0.15, 0.2) is 0 Å². The quantitative estimate of drug-likeness (QED) is 0.889. The van der Waals surface area contributed by atoms with Gasteiger partial charge in [-0.2, -0.15) is 0 Å². The normalized spacial score (nSPS) is 10.3. The molecule has 0 aliphatic rings. The average molecular weight is 257 g/mol. The summed E-state index contributed by atoms with van der Waals surface area (Å²) in [5.74, 6) is 2.28. The topological polar surface area (TPSA) is 47.0 Å². The highest BCUT2D eigenvalue weighted by Gasteiger charge is 2.10. The van der Waals surface area contributed by atoms with Crippen LogP contribution in [-0.2, 0) is 6.42 Å². The summed E-state index contributed by atoms with van der Waals surface area (Å²) in [6, 6.07) is 8.02. The van der Waals surface area contributed by atoms with E-state index in [4.69, 9.17) is 4.74 Å². The maximum absolute atomic E-state index is 5.93. The predicted molar refractivity (Wildman–Crippen MR) is 76.8 cm³/mol. The molecule has 0 radical (unpaired) electrons. The van der Waals surface area contributed by atoms with Crippen molar-refractivity contribution in [1.82, 2.24) is 9.97 Å². The number of hydrogen-bond donors (Lipinski definition) is 1. The monoisotopic (exact) mass is 257 g/mol. The van der Waals surface area contributed by atoms with Crippen LogP contribution in [0.4, 0.5) is 5.82 Å². The number of nitrogens with zero attached hydrogens (tertiary/aromatic N) is 2. The van der Waals surface area contributed by atoms with E-state index in [0.29, 0.717) is 5.88 Å². The lowest BCUT2D eigenvalue weighted by molar-refractivity contribution is 0.452. The van der Waals surface area contributed by atoms with Gasteiger partial charge in [0, 0.05) is 6.54 Å². The minimum absolute atomic E-state index is 0.604. The third-order valence-electron chi connectivity index (χ3n) is 2.94. The van der Waals surface area contributed by atoms with Gasteiger partial charge in [0.1, 0.15) is 17.9 Å². The molecule has 0 atom stereocenters. The highest BCUT2D eigenvalue weighted by atomic mass is 16.5. The van der Waals surface area contributed by atoms with Gasteiger partial charge in [0.25, 0.3) is 0 Å². The van der Waals surface area contributed by atoms with Crippen molar-refractivity contribution < 1.29 is 4.74 Å². The summed E-state index contributed by atoms with van der Waals surface area (Å²) in [6.07, 6.45) is 2.45. The Morgan fingerprint density at radius 2 is 1.95 bits per heavy atom. The van der Waals surface area contributed by atoms with E-state index < -0.39 is 0 Å². The Morgan fingerprint density at radius 1 is 1.16 bits per heavy atom. The molecular weight excluding hydrogens is 238 g/mol. The van der Waals surface area contributed by atoms with Crippen LogP contribution < -0.4 is 10.1 Å². The predicted octanol–water partition coefficient (Wildman–Crippen LogP) is 3.57. The fourth-order valence-electron chi connectivity index (χ4n) is 1.88. The molecule has 0 saturated heterocycles. The number of nitrogens with one attached hydrogen (secondary N) is 1. The summed E-state index contributed by atoms with van der Waals surface area (Å²) in [4.78, 5) is 8.43. The number of rotatable bonds is 5. The van der Waals surface area contributed by atoms with Crippen molar-refractivity contribution >= 4 is 5.82 Å². The van der Waals surface area contributed by atoms with Crippen molar-refractivity contribution in [2.75, 3.05) is 11.9 Å². The van der Waals surface area contributed by atoms with E-state index in [1.165, 1.54) is 11.9 Å². The number of benzene rings is 1. The molecule has 1 aromatic carbocycles. The number of aryl methyl sites for hydroxylation is 1. The van der Waals surface area contributed by atoms with Crippen LogP contribution in [0.25, 0.3) is 0 Å². The van der Waals surface area contributed by atoms with Gasteiger partial charge in [0.2, 0.25) is 5.88 Å². The smallest absolute Gasteiger partial charge is 0.227 e. The Kier molecular flexibility index (Phi) is 4.34. The second-order valence-electron chi connectivity index (χ2n) is 4.25. The third kappa shape index (κ3) is 3.02. The summed E-state index contributed by atoms with van der Waals surface area (Å²) in [5.41, 5.74) is 2.10. The minimum Gasteiger partial charge on any atom is -0.438 e. The molecule has 1 N–H and O–H groups in total. The Morgan fingerprint density at radius 3 is 2.68 bits per heavy atom. The summed E-state index contributed by atoms with van der Waals surface area (Å²) in [6.45, 7) is 6.93. The molecule has 0 unspecified atom stereocenters. The second-order valence-corrected chi connectivity index (χ2v) is 4.25. The number of aromatic nitrogens is 2. The van der Waals surface area contributed by atoms with Crippen molar-refractivity contribution in [3.05, 3.63) is 41.7 Å². The van der Waals surface area contributed by atoms with Crippen LogP contribution in [0.15, 0.2) is 30.6 Å². The zero-order chi connectivity index (χ0) is 13.7. The van der Waals surface area contributed by atoms with Gasteiger partial charge in [0.05, 0.1) is 5.56 Å². The van der Waals surface area contributed by atoms with Crippen LogP contribution in [0.1, 0.15) is 25.0 Å². The Bertz CT molecular complexity index is 555. The largest absolute Gasteiger partial charge is 0.438 e. The fraction of sp³-hybridized carbons (Fsp3) is 0.333. The van der Waals surface area contributed by atoms with Crippen molar-refractivity contribution in [2.45, 2.75) is 27.2 Å². The third-order valence-corrected chi connectivity index (χ3v) is 2.94. The van der Waals surface area contributed by atoms with Crippen molar-refractivity contribution in [2.24, 2.45) is 0 Å². The van der Waals surface area contributed by atoms with E-state index in [0.717, 1.165) is 30.1 Å². The first-order valence-corrected chi connectivity index (χ1v) is 6.57. The average Bonchev–Trinajstić information content (AvgIpc) is 2.44. The summed E-state index contributed by atoms with van der Waals surface area (Å²) in [7, 11) is 0. The van der Waals surface area contributed by atoms with Gasteiger partial charge in [-0.3, -0.25) is 0 Å². The first kappa shape index (κ1) is 13.3. The molecule has 0 amide bonds. The minimum atomic E-state index is 0.604. The van der Waals surface area contributed by atoms with Crippen molar-refractivity contribution in [1.29, 1.82) is 0 Å². The maximum atomic E-state index is 5.93. The number of hydrogen-bond acceptors (Lipinski definition) is 4. The van der Waals surface area contributed by atoms with Gasteiger partial charge in [-0.1, -0.05) is 25.1 Å². The molecule has 0 saturated carbocycles. The van der Waals surface area contributed by atoms with E-state index in [1.54, 1.807) is 0 Å². The number of para-hydroxylation sites is 1. The molecule has 0 bridgehead atoms. The van der Waals surface area contributed by atoms with E-state index in [2.05, 4.69) is 28.3 Å². The van der Waals surface area contributed by atoms with E-state index in [9.17, 15) is 0 Å². The highest BCUT2D eigenvalue weighted by Crippen LogP contribution is 2.28. The molecular formula is C15H19N3O. The van der Waals surface area contributed by atoms with E-state index >= 15 is 0 Å². The lowest BCUT2D eigenvalue weighted by Gasteiger charge is -2.13. The standard InChI is InChI=1S/C15H19N3O/c1-4-12-8-6-7-9-13(12)19-15-11(3)14(16-5-2)17-10-18-15/h6-10H,4-5H2,1-3H3,(H,16,17,18). The summed E-state index contributed by atoms with van der Waals surface area (Å²) in [5, 5.41) is 3.20. The lowest BCUT2D eigenvalue weighted by atomic mass is 10.1. The Labute approximate surface area is 113 Å². The molecule has 19 heavy (non-hydrogen) atoms. The van der Waals surface area contributed by atoms with Crippen LogP contribution in [-0.4, -0.2) is 16.5 Å². The molecule has 4 nitrogen and oxygen atoms in total. The van der Waals surface area contributed by atoms with Crippen LogP contribution >= 0.6 is 0 Å². The molecule has 1 heterocycles. The van der Waals surface area contributed by atoms with Gasteiger partial charge in [-0.15, -0.1) is 0 Å². The second kappa shape index (κ2) is 6.18. The molecule has 0 aliphatic heterocycles. The van der Waals surface area contributed by atoms with Crippen LogP contribution in [0.5, 0.6) is 11.6 Å². The van der Waals surface area contributed by atoms with Crippen molar-refractivity contribution in [3.63, 3.8) is 0 Å². The zero-order valence-corrected chi connectivity index (χ0v) is 11.6. The molecule has 4 heteroatoms. The molecule has 100 valence electrons. The van der Waals surface area contributed by atoms with Gasteiger partial charge in [-0.05, 0) is 31.9 Å². The fourth-order valence-corrected chi connectivity index (χ4v) is 1.88. The van der Waals surface area contributed by atoms with Crippen LogP contribution in [0.3, 0.4) is 0 Å². The van der Waals surface area contributed by atoms with Gasteiger partial charge < -0.3 is 10.1 Å². The number of anilines is 1. The summed E-state index contributed by atoms with van der Waals surface area (Å²) >= 11 is 0. The number of ether oxygens (including phenoxy) is 1. The first-order chi connectivity index (χ1) is 9.26. The molecule has 0 aliphatic carbocycles. The van der Waals surface area contributed by atoms with Gasteiger partial charge >= 0.3 is 0 Å². The Hall–Kier alpha value is -2.10. The first-order valence-electron chi connectivity index (χ1n) is 6.57. The van der Waals surface area contributed by atoms with E-state index in [-0.39, 0.29) is 0 Å². The van der Waals surface area contributed by atoms with Gasteiger partial charge in [-0.25, -0.2) is 9.97 Å². The van der Waals surface area contributed by atoms with Crippen LogP contribution in [0.2, 0.25) is 0 Å². The van der Waals surface area contributed by atoms with E-state index in [1.807, 2.05) is 32.0 Å². The summed E-state index contributed by atoms with van der Waals surface area (Å²) < 4.78 is 5.93.